The zero-order valence-corrected chi connectivity index (χ0v) is 18.0. The van der Waals surface area contributed by atoms with Crippen molar-refractivity contribution in [1.29, 1.82) is 0 Å². The molecule has 30 heavy (non-hydrogen) atoms. The predicted molar refractivity (Wildman–Crippen MR) is 116 cm³/mol. The lowest BCUT2D eigenvalue weighted by Gasteiger charge is -2.57. The Morgan fingerprint density at radius 1 is 1.10 bits per heavy atom. The molecule has 1 amide bonds. The average Bonchev–Trinajstić information content (AvgIpc) is 2.72. The van der Waals surface area contributed by atoms with Crippen LogP contribution in [0, 0.1) is 39.2 Å². The first-order valence-corrected chi connectivity index (χ1v) is 11.7. The number of hydrogen-bond donors (Lipinski definition) is 0. The molecule has 0 N–H and O–H groups in total. The molecule has 6 rings (SSSR count). The first-order chi connectivity index (χ1) is 14.4. The zero-order valence-electron chi connectivity index (χ0n) is 18.0. The molecule has 0 atom stereocenters. The molecule has 162 valence electrons. The number of anilines is 1. The van der Waals surface area contributed by atoms with Gasteiger partial charge in [0.15, 0.2) is 0 Å². The fraction of sp³-hybridized carbons (Fsp3) is 0.708. The Hall–Kier alpha value is -2.11. The van der Waals surface area contributed by atoms with Crippen LogP contribution in [0.15, 0.2) is 24.3 Å². The maximum absolute atomic E-state index is 13.2. The van der Waals surface area contributed by atoms with E-state index in [1.54, 1.807) is 12.1 Å². The molecule has 5 aliphatic rings. The van der Waals surface area contributed by atoms with Gasteiger partial charge in [0, 0.05) is 38.7 Å². The van der Waals surface area contributed by atoms with Gasteiger partial charge in [-0.1, -0.05) is 12.1 Å². The Morgan fingerprint density at radius 2 is 1.67 bits per heavy atom. The zero-order chi connectivity index (χ0) is 20.9. The Labute approximate surface area is 178 Å². The maximum atomic E-state index is 13.2. The van der Waals surface area contributed by atoms with Crippen molar-refractivity contribution < 1.29 is 9.72 Å². The second-order valence-electron chi connectivity index (χ2n) is 10.6. The summed E-state index contributed by atoms with van der Waals surface area (Å²) >= 11 is 0. The van der Waals surface area contributed by atoms with E-state index in [1.165, 1.54) is 38.5 Å². The quantitative estimate of drug-likeness (QED) is 0.529. The summed E-state index contributed by atoms with van der Waals surface area (Å²) in [4.78, 5) is 28.4. The van der Waals surface area contributed by atoms with Gasteiger partial charge in [-0.2, -0.15) is 0 Å². The highest BCUT2D eigenvalue weighted by atomic mass is 16.6. The third-order valence-corrected chi connectivity index (χ3v) is 8.38. The van der Waals surface area contributed by atoms with Crippen LogP contribution in [0.3, 0.4) is 0 Å². The summed E-state index contributed by atoms with van der Waals surface area (Å²) in [6.07, 6.45) is 9.82. The van der Waals surface area contributed by atoms with Gasteiger partial charge < -0.3 is 9.80 Å². The van der Waals surface area contributed by atoms with Crippen LogP contribution in [-0.4, -0.2) is 42.4 Å². The van der Waals surface area contributed by atoms with Gasteiger partial charge >= 0.3 is 0 Å². The predicted octanol–water partition coefficient (Wildman–Crippen LogP) is 4.49. The van der Waals surface area contributed by atoms with Crippen molar-refractivity contribution >= 4 is 17.3 Å². The minimum Gasteiger partial charge on any atom is -0.366 e. The van der Waals surface area contributed by atoms with Gasteiger partial charge in [0.2, 0.25) is 5.91 Å². The second kappa shape index (κ2) is 7.54. The number of rotatable bonds is 5. The lowest BCUT2D eigenvalue weighted by molar-refractivity contribution is -0.384. The molecule has 1 aromatic carbocycles. The molecular formula is C24H33N3O3. The number of amides is 1. The number of nitrogens with zero attached hydrogens (tertiary/aromatic N) is 3. The second-order valence-corrected chi connectivity index (χ2v) is 10.6. The van der Waals surface area contributed by atoms with Gasteiger partial charge in [0.25, 0.3) is 5.69 Å². The highest BCUT2D eigenvalue weighted by molar-refractivity contribution is 5.79. The van der Waals surface area contributed by atoms with Crippen LogP contribution in [0.4, 0.5) is 11.4 Å². The van der Waals surface area contributed by atoms with E-state index in [2.05, 4.69) is 4.90 Å². The summed E-state index contributed by atoms with van der Waals surface area (Å²) < 4.78 is 0. The number of carbonyl (C=O) groups excluding carboxylic acids is 1. The van der Waals surface area contributed by atoms with Crippen LogP contribution in [0.25, 0.3) is 0 Å². The summed E-state index contributed by atoms with van der Waals surface area (Å²) in [6.45, 7) is 2.33. The van der Waals surface area contributed by atoms with Crippen molar-refractivity contribution in [2.75, 3.05) is 31.6 Å². The van der Waals surface area contributed by atoms with Gasteiger partial charge in [-0.3, -0.25) is 14.9 Å². The van der Waals surface area contributed by atoms with Crippen LogP contribution in [0.2, 0.25) is 0 Å². The fourth-order valence-corrected chi connectivity index (χ4v) is 7.63. The number of benzene rings is 1. The molecule has 4 saturated carbocycles. The van der Waals surface area contributed by atoms with Crippen LogP contribution < -0.4 is 4.90 Å². The molecule has 1 aromatic rings. The number of para-hydroxylation sites is 2. The van der Waals surface area contributed by atoms with Crippen LogP contribution in [0.5, 0.6) is 0 Å². The first-order valence-electron chi connectivity index (χ1n) is 11.7. The minimum atomic E-state index is -0.314. The number of nitro benzene ring substituents is 1. The van der Waals surface area contributed by atoms with E-state index in [9.17, 15) is 14.9 Å². The lowest BCUT2D eigenvalue weighted by atomic mass is 9.49. The minimum absolute atomic E-state index is 0.0444. The molecule has 0 aromatic heterocycles. The van der Waals surface area contributed by atoms with Gasteiger partial charge in [-0.15, -0.1) is 0 Å². The van der Waals surface area contributed by atoms with Crippen molar-refractivity contribution in [3.8, 4) is 0 Å². The van der Waals surface area contributed by atoms with E-state index in [0.717, 1.165) is 37.1 Å². The van der Waals surface area contributed by atoms with Gasteiger partial charge in [0.05, 0.1) is 4.92 Å². The molecule has 4 bridgehead atoms. The van der Waals surface area contributed by atoms with Gasteiger partial charge in [0.1, 0.15) is 5.69 Å². The van der Waals surface area contributed by atoms with Crippen LogP contribution in [-0.2, 0) is 4.79 Å². The third-order valence-electron chi connectivity index (χ3n) is 8.38. The van der Waals surface area contributed by atoms with Crippen LogP contribution in [0.1, 0.15) is 51.4 Å². The fourth-order valence-electron chi connectivity index (χ4n) is 7.63. The topological polar surface area (TPSA) is 66.7 Å². The van der Waals surface area contributed by atoms with E-state index >= 15 is 0 Å². The molecule has 1 heterocycles. The summed E-state index contributed by atoms with van der Waals surface area (Å²) in [5, 5.41) is 11.3. The summed E-state index contributed by atoms with van der Waals surface area (Å²) in [6, 6.07) is 6.93. The Balaban J connectivity index is 1.20. The third kappa shape index (κ3) is 3.58. The molecule has 5 fully saturated rings. The lowest BCUT2D eigenvalue weighted by Crippen LogP contribution is -2.52. The normalized spacial score (nSPS) is 33.0. The smallest absolute Gasteiger partial charge is 0.292 e. The summed E-state index contributed by atoms with van der Waals surface area (Å²) in [5.74, 6) is 3.05. The van der Waals surface area contributed by atoms with E-state index < -0.39 is 0 Å². The average molecular weight is 412 g/mol. The largest absolute Gasteiger partial charge is 0.366 e. The van der Waals surface area contributed by atoms with Crippen molar-refractivity contribution in [1.82, 2.24) is 4.90 Å². The Morgan fingerprint density at radius 3 is 2.23 bits per heavy atom. The highest BCUT2D eigenvalue weighted by Gasteiger charge is 2.51. The molecule has 1 aliphatic heterocycles. The summed E-state index contributed by atoms with van der Waals surface area (Å²) in [5.41, 5.74) is 1.21. The van der Waals surface area contributed by atoms with Crippen molar-refractivity contribution in [3.05, 3.63) is 34.4 Å². The molecule has 1 saturated heterocycles. The Bertz CT molecular complexity index is 795. The van der Waals surface area contributed by atoms with E-state index in [4.69, 9.17) is 0 Å². The van der Waals surface area contributed by atoms with Gasteiger partial charge in [-0.25, -0.2) is 0 Å². The SMILES string of the molecule is CN(CC12CC3CC(CC(C3)C1)C2)C(=O)C1CCN(c2ccccc2[N+](=O)[O-])CC1. The number of nitro groups is 1. The van der Waals surface area contributed by atoms with E-state index in [0.29, 0.717) is 24.2 Å². The molecule has 6 heteroatoms. The van der Waals surface area contributed by atoms with Crippen molar-refractivity contribution in [2.24, 2.45) is 29.1 Å². The standard InChI is InChI=1S/C24H33N3O3/c1-25(16-24-13-17-10-18(14-24)12-19(11-17)15-24)23(28)20-6-8-26(9-7-20)21-4-2-3-5-22(21)27(29)30/h2-5,17-20H,6-16H2,1H3. The monoisotopic (exact) mass is 411 g/mol. The molecule has 0 spiro atoms. The van der Waals surface area contributed by atoms with E-state index in [1.807, 2.05) is 24.1 Å². The molecule has 0 unspecified atom stereocenters. The van der Waals surface area contributed by atoms with Crippen LogP contribution >= 0.6 is 0 Å². The number of carbonyl (C=O) groups is 1. The van der Waals surface area contributed by atoms with Crippen molar-refractivity contribution in [3.63, 3.8) is 0 Å². The van der Waals surface area contributed by atoms with E-state index in [-0.39, 0.29) is 22.4 Å². The van der Waals surface area contributed by atoms with Crippen molar-refractivity contribution in [2.45, 2.75) is 51.4 Å². The molecule has 6 nitrogen and oxygen atoms in total. The Kier molecular flexibility index (Phi) is 4.98. The molecular weight excluding hydrogens is 378 g/mol. The number of piperidine rings is 1. The molecule has 4 aliphatic carbocycles. The van der Waals surface area contributed by atoms with Gasteiger partial charge in [-0.05, 0) is 80.6 Å². The summed E-state index contributed by atoms with van der Waals surface area (Å²) in [7, 11) is 2.01. The maximum Gasteiger partial charge on any atom is 0.292 e. The highest BCUT2D eigenvalue weighted by Crippen LogP contribution is 2.60. The number of hydrogen-bond acceptors (Lipinski definition) is 4. The molecule has 0 radical (unpaired) electrons. The first kappa shape index (κ1) is 19.8.